The number of carbonyl (C=O) groups excluding carboxylic acids is 1. The minimum absolute atomic E-state index is 0.0721. The third-order valence-electron chi connectivity index (χ3n) is 5.84. The maximum absolute atomic E-state index is 12.9. The molecular formula is C23H23ClO3. The van der Waals surface area contributed by atoms with E-state index in [0.717, 1.165) is 33.4 Å². The number of carbonyl (C=O) groups is 1. The van der Waals surface area contributed by atoms with Crippen molar-refractivity contribution in [1.29, 1.82) is 0 Å². The molecule has 0 spiro atoms. The number of Topliss-reactive ketones (excluding diaryl/α,β-unsaturated/α-hetero) is 1. The summed E-state index contributed by atoms with van der Waals surface area (Å²) in [6, 6.07) is 10.0. The topological polar surface area (TPSA) is 46.5 Å². The lowest BCUT2D eigenvalue weighted by Crippen LogP contribution is -2.38. The summed E-state index contributed by atoms with van der Waals surface area (Å²) in [5.74, 6) is -0.0352. The van der Waals surface area contributed by atoms with Gasteiger partial charge >= 0.3 is 0 Å². The molecule has 1 saturated heterocycles. The molecule has 0 aliphatic carbocycles. The van der Waals surface area contributed by atoms with E-state index in [1.165, 1.54) is 0 Å². The van der Waals surface area contributed by atoms with Crippen molar-refractivity contribution in [3.8, 4) is 11.1 Å². The van der Waals surface area contributed by atoms with Crippen LogP contribution in [0.25, 0.3) is 16.7 Å². The number of fused-ring (bicyclic) bond motifs is 2. The van der Waals surface area contributed by atoms with Crippen molar-refractivity contribution in [3.05, 3.63) is 63.4 Å². The van der Waals surface area contributed by atoms with E-state index in [4.69, 9.17) is 16.3 Å². The summed E-state index contributed by atoms with van der Waals surface area (Å²) in [6.07, 6.45) is 0.875. The van der Waals surface area contributed by atoms with Crippen molar-refractivity contribution in [1.82, 2.24) is 0 Å². The van der Waals surface area contributed by atoms with Crippen LogP contribution in [0.2, 0.25) is 5.02 Å². The van der Waals surface area contributed by atoms with Crippen LogP contribution in [-0.2, 0) is 9.53 Å². The third-order valence-corrected chi connectivity index (χ3v) is 6.08. The lowest BCUT2D eigenvalue weighted by atomic mass is 9.85. The Bertz CT molecular complexity index is 982. The van der Waals surface area contributed by atoms with E-state index in [1.54, 1.807) is 0 Å². The Morgan fingerprint density at radius 1 is 1.11 bits per heavy atom. The van der Waals surface area contributed by atoms with Crippen LogP contribution < -0.4 is 0 Å². The largest absolute Gasteiger partial charge is 0.508 e. The van der Waals surface area contributed by atoms with Crippen LogP contribution >= 0.6 is 11.6 Å². The molecule has 0 amide bonds. The molecule has 4 heteroatoms. The molecule has 4 rings (SSSR count). The van der Waals surface area contributed by atoms with Crippen LogP contribution in [-0.4, -0.2) is 22.6 Å². The van der Waals surface area contributed by atoms with Crippen molar-refractivity contribution in [3.63, 3.8) is 0 Å². The van der Waals surface area contributed by atoms with Gasteiger partial charge in [0.15, 0.2) is 5.78 Å². The molecule has 3 nitrogen and oxygen atoms in total. The fraction of sp³-hybridized carbons (Fsp3) is 0.348. The molecule has 2 atom stereocenters. The summed E-state index contributed by atoms with van der Waals surface area (Å²) in [7, 11) is 0. The second-order valence-corrected chi connectivity index (χ2v) is 8.34. The van der Waals surface area contributed by atoms with Gasteiger partial charge in [-0.1, -0.05) is 29.8 Å². The van der Waals surface area contributed by atoms with Crippen LogP contribution in [0.4, 0.5) is 0 Å². The number of hydrogen-bond acceptors (Lipinski definition) is 3. The summed E-state index contributed by atoms with van der Waals surface area (Å²) in [5.41, 5.74) is 5.74. The Hall–Kier alpha value is -2.10. The number of aliphatic hydroxyl groups is 1. The van der Waals surface area contributed by atoms with Crippen molar-refractivity contribution in [2.75, 3.05) is 0 Å². The van der Waals surface area contributed by atoms with Crippen molar-refractivity contribution >= 4 is 23.0 Å². The second-order valence-electron chi connectivity index (χ2n) is 7.91. The number of aryl methyl sites for hydroxylation is 3. The first kappa shape index (κ1) is 18.3. The van der Waals surface area contributed by atoms with Crippen LogP contribution in [0.5, 0.6) is 0 Å². The maximum atomic E-state index is 12.9. The minimum Gasteiger partial charge on any atom is -0.508 e. The Morgan fingerprint density at radius 3 is 2.41 bits per heavy atom. The quantitative estimate of drug-likeness (QED) is 0.722. The Kier molecular flexibility index (Phi) is 4.21. The van der Waals surface area contributed by atoms with Crippen molar-refractivity contribution in [2.24, 2.45) is 0 Å². The minimum atomic E-state index is -0.752. The lowest BCUT2D eigenvalue weighted by molar-refractivity contribution is -0.130. The lowest BCUT2D eigenvalue weighted by Gasteiger charge is -2.31. The van der Waals surface area contributed by atoms with E-state index in [0.29, 0.717) is 23.4 Å². The Balaban J connectivity index is 1.87. The smallest absolute Gasteiger partial charge is 0.195 e. The summed E-state index contributed by atoms with van der Waals surface area (Å²) >= 11 is 6.09. The predicted octanol–water partition coefficient (Wildman–Crippen LogP) is 5.72. The fourth-order valence-electron chi connectivity index (χ4n) is 4.45. The number of aliphatic hydroxyl groups excluding tert-OH is 1. The highest BCUT2D eigenvalue weighted by molar-refractivity contribution is 6.30. The zero-order chi connectivity index (χ0) is 19.5. The van der Waals surface area contributed by atoms with Gasteiger partial charge in [-0.3, -0.25) is 4.79 Å². The average Bonchev–Trinajstić information content (AvgIpc) is 2.96. The molecule has 0 unspecified atom stereocenters. The molecule has 2 heterocycles. The van der Waals surface area contributed by atoms with Crippen molar-refractivity contribution < 1.29 is 14.6 Å². The van der Waals surface area contributed by atoms with Gasteiger partial charge in [-0.15, -0.1) is 0 Å². The van der Waals surface area contributed by atoms with Gasteiger partial charge in [0.2, 0.25) is 0 Å². The number of ketones is 1. The van der Waals surface area contributed by atoms with Gasteiger partial charge < -0.3 is 9.84 Å². The van der Waals surface area contributed by atoms with E-state index >= 15 is 0 Å². The molecule has 2 aromatic carbocycles. The van der Waals surface area contributed by atoms with E-state index in [-0.39, 0.29) is 11.5 Å². The molecule has 1 fully saturated rings. The number of benzene rings is 2. The molecule has 140 valence electrons. The molecule has 2 aliphatic heterocycles. The fourth-order valence-corrected chi connectivity index (χ4v) is 4.67. The van der Waals surface area contributed by atoms with Gasteiger partial charge in [0.25, 0.3) is 0 Å². The molecule has 2 aromatic rings. The second kappa shape index (κ2) is 6.22. The highest BCUT2D eigenvalue weighted by atomic mass is 35.5. The first-order valence-corrected chi connectivity index (χ1v) is 9.63. The SMILES string of the molecule is Cc1cc(Cl)ccc1-c1cc(C)c(C2=C(O)[C@@]3(C)CC[C@@H](O3)C2=O)c(C)c1. The van der Waals surface area contributed by atoms with Gasteiger partial charge in [-0.25, -0.2) is 0 Å². The monoisotopic (exact) mass is 382 g/mol. The maximum Gasteiger partial charge on any atom is 0.195 e. The normalized spacial score (nSPS) is 24.6. The molecule has 0 saturated carbocycles. The van der Waals surface area contributed by atoms with Crippen LogP contribution in [0.1, 0.15) is 42.0 Å². The van der Waals surface area contributed by atoms with Gasteiger partial charge in [0, 0.05) is 5.02 Å². The third kappa shape index (κ3) is 2.81. The molecule has 1 N–H and O–H groups in total. The van der Waals surface area contributed by atoms with E-state index in [1.807, 2.05) is 45.9 Å². The van der Waals surface area contributed by atoms with Gasteiger partial charge in [-0.05, 0) is 86.1 Å². The summed E-state index contributed by atoms with van der Waals surface area (Å²) < 4.78 is 5.79. The highest BCUT2D eigenvalue weighted by Gasteiger charge is 2.50. The number of rotatable bonds is 2. The molecule has 2 aliphatic rings. The standard InChI is InChI=1S/C23H23ClO3/c1-12-11-16(24)5-6-17(12)15-9-13(2)19(14(3)10-15)20-21(25)18-7-8-23(4,27-18)22(20)26/h5-6,9-11,18,26H,7-8H2,1-4H3/t18-,23-/m1/s1. The van der Waals surface area contributed by atoms with Crippen LogP contribution in [0.3, 0.4) is 0 Å². The van der Waals surface area contributed by atoms with Gasteiger partial charge in [0.1, 0.15) is 17.5 Å². The number of halogens is 1. The number of ether oxygens (including phenoxy) is 1. The van der Waals surface area contributed by atoms with Crippen molar-refractivity contribution in [2.45, 2.75) is 52.2 Å². The zero-order valence-electron chi connectivity index (χ0n) is 16.0. The molecule has 2 bridgehead atoms. The van der Waals surface area contributed by atoms with E-state index in [9.17, 15) is 9.90 Å². The first-order valence-electron chi connectivity index (χ1n) is 9.25. The Morgan fingerprint density at radius 2 is 1.78 bits per heavy atom. The molecule has 0 aromatic heterocycles. The first-order chi connectivity index (χ1) is 12.7. The van der Waals surface area contributed by atoms with Gasteiger partial charge in [0.05, 0.1) is 5.57 Å². The average molecular weight is 383 g/mol. The molecule has 27 heavy (non-hydrogen) atoms. The molecular weight excluding hydrogens is 360 g/mol. The van der Waals surface area contributed by atoms with Crippen LogP contribution in [0, 0.1) is 20.8 Å². The predicted molar refractivity (Wildman–Crippen MR) is 108 cm³/mol. The summed E-state index contributed by atoms with van der Waals surface area (Å²) in [6.45, 7) is 7.88. The summed E-state index contributed by atoms with van der Waals surface area (Å²) in [4.78, 5) is 12.9. The molecule has 0 radical (unpaired) electrons. The van der Waals surface area contributed by atoms with E-state index < -0.39 is 11.7 Å². The Labute approximate surface area is 164 Å². The summed E-state index contributed by atoms with van der Waals surface area (Å²) in [5, 5.41) is 11.6. The van der Waals surface area contributed by atoms with Crippen LogP contribution in [0.15, 0.2) is 36.1 Å². The zero-order valence-corrected chi connectivity index (χ0v) is 16.8. The highest BCUT2D eigenvalue weighted by Crippen LogP contribution is 2.46. The van der Waals surface area contributed by atoms with Gasteiger partial charge in [-0.2, -0.15) is 0 Å². The van der Waals surface area contributed by atoms with E-state index in [2.05, 4.69) is 12.1 Å². The number of hydrogen-bond donors (Lipinski definition) is 1.